The largest absolute Gasteiger partial charge is 0.363 e. The van der Waals surface area contributed by atoms with Crippen LogP contribution in [0.3, 0.4) is 0 Å². The van der Waals surface area contributed by atoms with Gasteiger partial charge in [0.1, 0.15) is 5.82 Å². The molecule has 0 saturated carbocycles. The maximum absolute atomic E-state index is 13.7. The summed E-state index contributed by atoms with van der Waals surface area (Å²) in [5.41, 5.74) is 2.65. The number of hydrogen-bond donors (Lipinski definition) is 1. The molecule has 0 bridgehead atoms. The molecule has 2 aromatic carbocycles. The predicted octanol–water partition coefficient (Wildman–Crippen LogP) is 7.16. The third kappa shape index (κ3) is 4.09. The van der Waals surface area contributed by atoms with Crippen LogP contribution < -0.4 is 5.32 Å². The van der Waals surface area contributed by atoms with Gasteiger partial charge in [-0.15, -0.1) is 0 Å². The summed E-state index contributed by atoms with van der Waals surface area (Å²) in [5.74, 6) is 0.958. The summed E-state index contributed by atoms with van der Waals surface area (Å²) < 4.78 is 1.99. The fraction of sp³-hybridized carbons (Fsp3) is 0.407. The van der Waals surface area contributed by atoms with Crippen molar-refractivity contribution in [1.82, 2.24) is 9.78 Å². The van der Waals surface area contributed by atoms with Crippen LogP contribution in [-0.2, 0) is 11.0 Å². The number of anilines is 1. The van der Waals surface area contributed by atoms with Crippen molar-refractivity contribution in [3.8, 4) is 0 Å². The summed E-state index contributed by atoms with van der Waals surface area (Å²) in [4.78, 5) is 13.7. The molecule has 0 amide bonds. The van der Waals surface area contributed by atoms with Crippen LogP contribution in [0.15, 0.2) is 60.8 Å². The summed E-state index contributed by atoms with van der Waals surface area (Å²) in [6.07, 6.45) is 4.85. The van der Waals surface area contributed by atoms with E-state index >= 15 is 0 Å². The zero-order valence-corrected chi connectivity index (χ0v) is 20.1. The lowest BCUT2D eigenvalue weighted by atomic mass is 9.71. The molecule has 1 aromatic heterocycles. The lowest BCUT2D eigenvalue weighted by Gasteiger charge is -2.38. The summed E-state index contributed by atoms with van der Waals surface area (Å²) in [5, 5.41) is 8.98. The highest BCUT2D eigenvalue weighted by Gasteiger charge is 2.38. The van der Waals surface area contributed by atoms with E-state index in [4.69, 9.17) is 11.6 Å². The van der Waals surface area contributed by atoms with Crippen LogP contribution >= 0.6 is 11.6 Å². The van der Waals surface area contributed by atoms with Gasteiger partial charge in [0, 0.05) is 16.9 Å². The highest BCUT2D eigenvalue weighted by molar-refractivity contribution is 6.30. The average Bonchev–Trinajstić information content (AvgIpc) is 3.24. The van der Waals surface area contributed by atoms with Crippen molar-refractivity contribution < 1.29 is 4.79 Å². The van der Waals surface area contributed by atoms with Gasteiger partial charge in [-0.2, -0.15) is 5.10 Å². The van der Waals surface area contributed by atoms with E-state index in [2.05, 4.69) is 74.5 Å². The summed E-state index contributed by atoms with van der Waals surface area (Å²) in [6.45, 7) is 8.69. The number of carbonyl (C=O) groups excluding carboxylic acids is 1. The molecule has 0 unspecified atom stereocenters. The standard InChI is InChI=1S/C27H32ClN3O/c1-5-27(6-2,20-12-14-21(28)15-13-20)17-24(32)22-18-29-31-25(22)30-23(16-26(31,3)4)19-10-8-7-9-11-19/h7-15,18,23,30H,5-6,16-17H2,1-4H3/t23-/m1/s1. The van der Waals surface area contributed by atoms with E-state index in [9.17, 15) is 4.79 Å². The maximum Gasteiger partial charge on any atom is 0.169 e. The van der Waals surface area contributed by atoms with Gasteiger partial charge in [0.15, 0.2) is 5.78 Å². The number of aromatic nitrogens is 2. The number of nitrogens with one attached hydrogen (secondary N) is 1. The molecule has 1 aliphatic heterocycles. The topological polar surface area (TPSA) is 46.9 Å². The van der Waals surface area contributed by atoms with Crippen LogP contribution in [0.4, 0.5) is 5.82 Å². The molecule has 168 valence electrons. The number of nitrogens with zero attached hydrogens (tertiary/aromatic N) is 2. The van der Waals surface area contributed by atoms with E-state index in [0.29, 0.717) is 17.0 Å². The Morgan fingerprint density at radius 1 is 1.12 bits per heavy atom. The van der Waals surface area contributed by atoms with Crippen molar-refractivity contribution in [3.05, 3.63) is 82.5 Å². The Hall–Kier alpha value is -2.59. The lowest BCUT2D eigenvalue weighted by Crippen LogP contribution is -2.38. The van der Waals surface area contributed by atoms with Gasteiger partial charge in [-0.05, 0) is 56.4 Å². The molecule has 0 radical (unpaired) electrons. The number of hydrogen-bond acceptors (Lipinski definition) is 3. The highest BCUT2D eigenvalue weighted by atomic mass is 35.5. The molecule has 0 saturated heterocycles. The minimum absolute atomic E-state index is 0.127. The Kier molecular flexibility index (Phi) is 6.17. The normalized spacial score (nSPS) is 17.5. The maximum atomic E-state index is 13.7. The summed E-state index contributed by atoms with van der Waals surface area (Å²) in [7, 11) is 0. The van der Waals surface area contributed by atoms with Gasteiger partial charge in [-0.25, -0.2) is 4.68 Å². The third-order valence-electron chi connectivity index (χ3n) is 7.17. The molecule has 3 aromatic rings. The molecule has 0 aliphatic carbocycles. The zero-order chi connectivity index (χ0) is 22.9. The highest BCUT2D eigenvalue weighted by Crippen LogP contribution is 2.42. The molecule has 1 N–H and O–H groups in total. The van der Waals surface area contributed by atoms with Crippen LogP contribution in [-0.4, -0.2) is 15.6 Å². The van der Waals surface area contributed by atoms with Crippen molar-refractivity contribution in [2.75, 3.05) is 5.32 Å². The van der Waals surface area contributed by atoms with Crippen LogP contribution in [0.5, 0.6) is 0 Å². The second kappa shape index (κ2) is 8.74. The molecule has 0 fully saturated rings. The molecule has 0 spiro atoms. The van der Waals surface area contributed by atoms with Crippen molar-refractivity contribution in [3.63, 3.8) is 0 Å². The van der Waals surface area contributed by atoms with E-state index < -0.39 is 0 Å². The number of fused-ring (bicyclic) bond motifs is 1. The number of halogens is 1. The number of carbonyl (C=O) groups is 1. The molecule has 4 rings (SSSR count). The van der Waals surface area contributed by atoms with Gasteiger partial charge in [-0.1, -0.05) is 67.9 Å². The van der Waals surface area contributed by atoms with Gasteiger partial charge < -0.3 is 5.32 Å². The first-order chi connectivity index (χ1) is 15.3. The van der Waals surface area contributed by atoms with Gasteiger partial charge in [-0.3, -0.25) is 4.79 Å². The Labute approximate surface area is 196 Å². The first kappa shape index (κ1) is 22.6. The molecular formula is C27H32ClN3O. The smallest absolute Gasteiger partial charge is 0.169 e. The van der Waals surface area contributed by atoms with E-state index in [1.54, 1.807) is 6.20 Å². The summed E-state index contributed by atoms with van der Waals surface area (Å²) in [6, 6.07) is 18.5. The van der Waals surface area contributed by atoms with Crippen LogP contribution in [0.25, 0.3) is 0 Å². The van der Waals surface area contributed by atoms with Gasteiger partial charge in [0.05, 0.1) is 23.3 Å². The summed E-state index contributed by atoms with van der Waals surface area (Å²) >= 11 is 6.12. The Bertz CT molecular complexity index is 1080. The zero-order valence-electron chi connectivity index (χ0n) is 19.4. The monoisotopic (exact) mass is 449 g/mol. The van der Waals surface area contributed by atoms with Gasteiger partial charge >= 0.3 is 0 Å². The number of rotatable bonds is 7. The quantitative estimate of drug-likeness (QED) is 0.389. The van der Waals surface area contributed by atoms with Crippen LogP contribution in [0, 0.1) is 0 Å². The Morgan fingerprint density at radius 3 is 2.41 bits per heavy atom. The van der Waals surface area contributed by atoms with E-state index in [0.717, 1.165) is 30.6 Å². The lowest BCUT2D eigenvalue weighted by molar-refractivity contribution is 0.0944. The first-order valence-corrected chi connectivity index (χ1v) is 11.9. The SMILES string of the molecule is CCC(CC)(CC(=O)c1cnn2c1N[C@@H](c1ccccc1)CC2(C)C)c1ccc(Cl)cc1. The molecule has 5 heteroatoms. The average molecular weight is 450 g/mol. The molecule has 32 heavy (non-hydrogen) atoms. The Morgan fingerprint density at radius 2 is 1.78 bits per heavy atom. The number of Topliss-reactive ketones (excluding diaryl/α,β-unsaturated/α-hetero) is 1. The van der Waals surface area contributed by atoms with Crippen LogP contribution in [0.1, 0.15) is 80.9 Å². The second-order valence-electron chi connectivity index (χ2n) is 9.54. The third-order valence-corrected chi connectivity index (χ3v) is 7.42. The van der Waals surface area contributed by atoms with Crippen LogP contribution in [0.2, 0.25) is 5.02 Å². The second-order valence-corrected chi connectivity index (χ2v) is 9.97. The van der Waals surface area contributed by atoms with E-state index in [-0.39, 0.29) is 22.8 Å². The fourth-order valence-corrected chi connectivity index (χ4v) is 5.18. The van der Waals surface area contributed by atoms with Gasteiger partial charge in [0.2, 0.25) is 0 Å². The first-order valence-electron chi connectivity index (χ1n) is 11.5. The van der Waals surface area contributed by atoms with Crippen molar-refractivity contribution in [2.24, 2.45) is 0 Å². The van der Waals surface area contributed by atoms with Crippen molar-refractivity contribution >= 4 is 23.2 Å². The Balaban J connectivity index is 1.67. The molecular weight excluding hydrogens is 418 g/mol. The van der Waals surface area contributed by atoms with Gasteiger partial charge in [0.25, 0.3) is 0 Å². The molecule has 1 atom stereocenters. The minimum Gasteiger partial charge on any atom is -0.363 e. The van der Waals surface area contributed by atoms with E-state index in [1.807, 2.05) is 22.9 Å². The molecule has 2 heterocycles. The number of benzene rings is 2. The van der Waals surface area contributed by atoms with Crippen molar-refractivity contribution in [2.45, 2.75) is 70.4 Å². The number of ketones is 1. The minimum atomic E-state index is -0.223. The van der Waals surface area contributed by atoms with Crippen molar-refractivity contribution in [1.29, 1.82) is 0 Å². The predicted molar refractivity (Wildman–Crippen MR) is 132 cm³/mol. The fourth-order valence-electron chi connectivity index (χ4n) is 5.06. The molecule has 1 aliphatic rings. The molecule has 4 nitrogen and oxygen atoms in total. The van der Waals surface area contributed by atoms with E-state index in [1.165, 1.54) is 5.56 Å².